The van der Waals surface area contributed by atoms with Crippen molar-refractivity contribution < 1.29 is 4.79 Å². The molecule has 2 heterocycles. The Kier molecular flexibility index (Phi) is 4.33. The van der Waals surface area contributed by atoms with E-state index in [9.17, 15) is 9.59 Å². The second-order valence-electron chi connectivity index (χ2n) is 5.10. The number of carbonyl (C=O) groups is 1. The van der Waals surface area contributed by atoms with E-state index in [2.05, 4.69) is 15.4 Å². The highest BCUT2D eigenvalue weighted by atomic mass is 16.1. The number of pyridine rings is 1. The molecule has 3 aromatic rings. The molecule has 0 aliphatic rings. The Labute approximate surface area is 132 Å². The van der Waals surface area contributed by atoms with Crippen LogP contribution in [0.15, 0.2) is 65.8 Å². The van der Waals surface area contributed by atoms with Gasteiger partial charge in [0.15, 0.2) is 0 Å². The highest BCUT2D eigenvalue weighted by Crippen LogP contribution is 2.10. The molecular weight excluding hydrogens is 292 g/mol. The molecule has 1 aromatic carbocycles. The lowest BCUT2D eigenvalue weighted by atomic mass is 10.1. The van der Waals surface area contributed by atoms with Crippen LogP contribution in [0, 0.1) is 0 Å². The summed E-state index contributed by atoms with van der Waals surface area (Å²) in [7, 11) is 0. The van der Waals surface area contributed by atoms with Gasteiger partial charge >= 0.3 is 0 Å². The molecule has 0 saturated carbocycles. The maximum atomic E-state index is 12.1. The molecule has 0 spiro atoms. The first-order valence-electron chi connectivity index (χ1n) is 7.23. The summed E-state index contributed by atoms with van der Waals surface area (Å²) in [5.74, 6) is -0.227. The molecule has 0 radical (unpaired) electrons. The van der Waals surface area contributed by atoms with Crippen molar-refractivity contribution in [1.82, 2.24) is 20.1 Å². The number of hydrogen-bond donors (Lipinski definition) is 2. The Hall–Kier alpha value is -3.15. The quantitative estimate of drug-likeness (QED) is 0.750. The fourth-order valence-corrected chi connectivity index (χ4v) is 2.28. The van der Waals surface area contributed by atoms with Gasteiger partial charge < -0.3 is 10.3 Å². The fraction of sp³-hybridized carbons (Fsp3) is 0.118. The van der Waals surface area contributed by atoms with Crippen molar-refractivity contribution in [2.45, 2.75) is 13.1 Å². The van der Waals surface area contributed by atoms with Crippen LogP contribution in [0.1, 0.15) is 21.5 Å². The van der Waals surface area contributed by atoms with Crippen molar-refractivity contribution in [2.75, 3.05) is 0 Å². The zero-order valence-electron chi connectivity index (χ0n) is 12.4. The molecule has 116 valence electrons. The van der Waals surface area contributed by atoms with Crippen molar-refractivity contribution in [3.8, 4) is 0 Å². The summed E-state index contributed by atoms with van der Waals surface area (Å²) in [6, 6.07) is 12.6. The first-order chi connectivity index (χ1) is 11.2. The summed E-state index contributed by atoms with van der Waals surface area (Å²) in [5, 5.41) is 7.06. The number of carbonyl (C=O) groups excluding carboxylic acids is 1. The number of aromatic nitrogens is 3. The Morgan fingerprint density at radius 1 is 1.13 bits per heavy atom. The third-order valence-electron chi connectivity index (χ3n) is 3.50. The number of H-pyrrole nitrogens is 1. The predicted octanol–water partition coefficient (Wildman–Crippen LogP) is 1.55. The summed E-state index contributed by atoms with van der Waals surface area (Å²) in [6.07, 6.45) is 5.05. The van der Waals surface area contributed by atoms with Crippen LogP contribution >= 0.6 is 0 Å². The molecule has 0 bridgehead atoms. The Balaban J connectivity index is 1.69. The topological polar surface area (TPSA) is 79.8 Å². The van der Waals surface area contributed by atoms with E-state index in [0.29, 0.717) is 18.7 Å². The Morgan fingerprint density at radius 2 is 1.96 bits per heavy atom. The minimum absolute atomic E-state index is 0.227. The Morgan fingerprint density at radius 3 is 2.65 bits per heavy atom. The summed E-state index contributed by atoms with van der Waals surface area (Å²) in [4.78, 5) is 25.6. The molecule has 0 unspecified atom stereocenters. The van der Waals surface area contributed by atoms with Gasteiger partial charge in [0.2, 0.25) is 5.56 Å². The third-order valence-corrected chi connectivity index (χ3v) is 3.50. The van der Waals surface area contributed by atoms with Crippen LogP contribution in [0.2, 0.25) is 0 Å². The highest BCUT2D eigenvalue weighted by molar-refractivity contribution is 5.93. The second kappa shape index (κ2) is 6.74. The van der Waals surface area contributed by atoms with Gasteiger partial charge in [-0.3, -0.25) is 14.3 Å². The van der Waals surface area contributed by atoms with Gasteiger partial charge in [0.1, 0.15) is 0 Å². The lowest BCUT2D eigenvalue weighted by Gasteiger charge is -2.11. The minimum atomic E-state index is -0.230. The lowest BCUT2D eigenvalue weighted by Crippen LogP contribution is -2.24. The van der Waals surface area contributed by atoms with Gasteiger partial charge in [-0.1, -0.05) is 24.3 Å². The highest BCUT2D eigenvalue weighted by Gasteiger charge is 2.07. The van der Waals surface area contributed by atoms with Gasteiger partial charge in [-0.05, 0) is 23.3 Å². The first kappa shape index (κ1) is 14.8. The largest absolute Gasteiger partial charge is 0.348 e. The van der Waals surface area contributed by atoms with Gasteiger partial charge in [-0.15, -0.1) is 0 Å². The number of nitrogens with one attached hydrogen (secondary N) is 2. The van der Waals surface area contributed by atoms with Gasteiger partial charge in [-0.2, -0.15) is 5.10 Å². The maximum absolute atomic E-state index is 12.1. The van der Waals surface area contributed by atoms with Crippen LogP contribution in [0.5, 0.6) is 0 Å². The second-order valence-corrected chi connectivity index (χ2v) is 5.10. The van der Waals surface area contributed by atoms with Crippen molar-refractivity contribution in [3.63, 3.8) is 0 Å². The number of benzene rings is 1. The van der Waals surface area contributed by atoms with Gasteiger partial charge in [0.05, 0.1) is 12.1 Å². The normalized spacial score (nSPS) is 10.4. The molecule has 23 heavy (non-hydrogen) atoms. The maximum Gasteiger partial charge on any atom is 0.253 e. The number of amides is 1. The van der Waals surface area contributed by atoms with E-state index in [0.717, 1.165) is 11.1 Å². The molecule has 6 nitrogen and oxygen atoms in total. The van der Waals surface area contributed by atoms with E-state index in [1.165, 1.54) is 18.3 Å². The molecule has 0 aliphatic heterocycles. The predicted molar refractivity (Wildman–Crippen MR) is 86.0 cm³/mol. The van der Waals surface area contributed by atoms with E-state index in [1.54, 1.807) is 6.20 Å². The Bertz CT molecular complexity index is 833. The van der Waals surface area contributed by atoms with Crippen molar-refractivity contribution in [3.05, 3.63) is 88.1 Å². The summed E-state index contributed by atoms with van der Waals surface area (Å²) in [6.45, 7) is 1.06. The number of aromatic amines is 1. The molecule has 1 amide bonds. The smallest absolute Gasteiger partial charge is 0.253 e. The van der Waals surface area contributed by atoms with E-state index >= 15 is 0 Å². The van der Waals surface area contributed by atoms with Crippen LogP contribution in [-0.2, 0) is 13.1 Å². The van der Waals surface area contributed by atoms with Gasteiger partial charge in [-0.25, -0.2) is 0 Å². The average molecular weight is 308 g/mol. The van der Waals surface area contributed by atoms with Crippen LogP contribution in [0.3, 0.4) is 0 Å². The molecule has 0 aliphatic carbocycles. The first-order valence-corrected chi connectivity index (χ1v) is 7.23. The van der Waals surface area contributed by atoms with Crippen molar-refractivity contribution >= 4 is 5.91 Å². The fourth-order valence-electron chi connectivity index (χ4n) is 2.28. The van der Waals surface area contributed by atoms with Crippen molar-refractivity contribution in [1.29, 1.82) is 0 Å². The number of hydrogen-bond acceptors (Lipinski definition) is 3. The van der Waals surface area contributed by atoms with E-state index in [4.69, 9.17) is 0 Å². The van der Waals surface area contributed by atoms with E-state index in [-0.39, 0.29) is 11.5 Å². The van der Waals surface area contributed by atoms with Crippen LogP contribution in [-0.4, -0.2) is 20.7 Å². The molecule has 0 saturated heterocycles. The van der Waals surface area contributed by atoms with Crippen LogP contribution in [0.25, 0.3) is 0 Å². The van der Waals surface area contributed by atoms with Gasteiger partial charge in [0, 0.05) is 31.2 Å². The lowest BCUT2D eigenvalue weighted by molar-refractivity contribution is 0.0950. The zero-order valence-corrected chi connectivity index (χ0v) is 12.4. The molecule has 3 rings (SSSR count). The van der Waals surface area contributed by atoms with Crippen LogP contribution in [0.4, 0.5) is 0 Å². The summed E-state index contributed by atoms with van der Waals surface area (Å²) in [5.41, 5.74) is 2.32. The minimum Gasteiger partial charge on any atom is -0.348 e. The standard InChI is InChI=1S/C17H16N4O2/c22-16-7-6-14(11-18-16)17(23)19-10-13-4-1-2-5-15(13)12-21-9-3-8-20-21/h1-9,11H,10,12H2,(H,18,22)(H,19,23). The molecule has 0 atom stereocenters. The van der Waals surface area contributed by atoms with Crippen LogP contribution < -0.4 is 10.9 Å². The van der Waals surface area contributed by atoms with Crippen molar-refractivity contribution in [2.24, 2.45) is 0 Å². The van der Waals surface area contributed by atoms with E-state index in [1.807, 2.05) is 41.2 Å². The number of rotatable bonds is 5. The zero-order chi connectivity index (χ0) is 16.1. The third kappa shape index (κ3) is 3.74. The monoisotopic (exact) mass is 308 g/mol. The van der Waals surface area contributed by atoms with Gasteiger partial charge in [0.25, 0.3) is 5.91 Å². The van der Waals surface area contributed by atoms with E-state index < -0.39 is 0 Å². The molecule has 2 N–H and O–H groups in total. The SMILES string of the molecule is O=C(NCc1ccccc1Cn1cccn1)c1ccc(=O)[nH]c1. The summed E-state index contributed by atoms with van der Waals surface area (Å²) < 4.78 is 1.84. The average Bonchev–Trinajstić information content (AvgIpc) is 3.07. The number of nitrogens with zero attached hydrogens (tertiary/aromatic N) is 2. The molecule has 2 aromatic heterocycles. The molecule has 6 heteroatoms. The molecule has 0 fully saturated rings. The summed E-state index contributed by atoms with van der Waals surface area (Å²) >= 11 is 0. The molecular formula is C17H16N4O2.